The number of aromatic amines is 1. The van der Waals surface area contributed by atoms with Crippen LogP contribution in [0.2, 0.25) is 0 Å². The molecular formula is C19H13F4N3. The fourth-order valence-corrected chi connectivity index (χ4v) is 2.90. The SMILES string of the molecule is Fc1ccc(CN2C=Cc3nc(-c4cccc(F)c4F)[nH]c3C2)c(F)c1. The summed E-state index contributed by atoms with van der Waals surface area (Å²) in [6, 6.07) is 7.34. The first kappa shape index (κ1) is 16.4. The number of halogens is 4. The molecule has 1 aliphatic rings. The highest BCUT2D eigenvalue weighted by molar-refractivity contribution is 5.61. The summed E-state index contributed by atoms with van der Waals surface area (Å²) in [5.41, 5.74) is 1.72. The lowest BCUT2D eigenvalue weighted by Crippen LogP contribution is -2.20. The third kappa shape index (κ3) is 2.96. The number of benzene rings is 2. The Hall–Kier alpha value is -3.09. The minimum Gasteiger partial charge on any atom is -0.367 e. The van der Waals surface area contributed by atoms with Gasteiger partial charge in [-0.2, -0.15) is 0 Å². The predicted molar refractivity (Wildman–Crippen MR) is 88.6 cm³/mol. The fourth-order valence-electron chi connectivity index (χ4n) is 2.90. The van der Waals surface area contributed by atoms with Crippen molar-refractivity contribution >= 4 is 6.08 Å². The largest absolute Gasteiger partial charge is 0.367 e. The summed E-state index contributed by atoms with van der Waals surface area (Å²) in [6.07, 6.45) is 3.44. The summed E-state index contributed by atoms with van der Waals surface area (Å²) >= 11 is 0. The Morgan fingerprint density at radius 3 is 2.69 bits per heavy atom. The average Bonchev–Trinajstić information content (AvgIpc) is 3.03. The quantitative estimate of drug-likeness (QED) is 0.692. The molecule has 2 aromatic carbocycles. The minimum atomic E-state index is -0.965. The lowest BCUT2D eigenvalue weighted by Gasteiger charge is -2.23. The number of nitrogens with zero attached hydrogens (tertiary/aromatic N) is 2. The Balaban J connectivity index is 1.58. The van der Waals surface area contributed by atoms with Crippen molar-refractivity contribution in [3.63, 3.8) is 0 Å². The molecule has 0 bridgehead atoms. The molecule has 1 aromatic heterocycles. The first-order valence-electron chi connectivity index (χ1n) is 7.90. The van der Waals surface area contributed by atoms with Crippen molar-refractivity contribution in [2.75, 3.05) is 0 Å². The number of H-pyrrole nitrogens is 1. The van der Waals surface area contributed by atoms with E-state index >= 15 is 0 Å². The molecule has 0 fully saturated rings. The molecule has 1 aliphatic heterocycles. The van der Waals surface area contributed by atoms with Crippen molar-refractivity contribution in [2.45, 2.75) is 13.1 Å². The molecule has 132 valence electrons. The van der Waals surface area contributed by atoms with E-state index in [0.717, 1.165) is 12.1 Å². The van der Waals surface area contributed by atoms with Crippen LogP contribution in [0.3, 0.4) is 0 Å². The van der Waals surface area contributed by atoms with Crippen LogP contribution in [0.15, 0.2) is 42.6 Å². The smallest absolute Gasteiger partial charge is 0.169 e. The predicted octanol–water partition coefficient (Wildman–Crippen LogP) is 4.62. The maximum absolute atomic E-state index is 14.0. The van der Waals surface area contributed by atoms with Crippen LogP contribution in [-0.4, -0.2) is 14.9 Å². The molecule has 3 nitrogen and oxygen atoms in total. The number of nitrogens with one attached hydrogen (secondary N) is 1. The molecule has 0 saturated heterocycles. The van der Waals surface area contributed by atoms with Gasteiger partial charge in [-0.25, -0.2) is 22.5 Å². The van der Waals surface area contributed by atoms with Crippen LogP contribution < -0.4 is 0 Å². The van der Waals surface area contributed by atoms with Gasteiger partial charge in [-0.05, 0) is 24.3 Å². The van der Waals surface area contributed by atoms with E-state index in [2.05, 4.69) is 9.97 Å². The van der Waals surface area contributed by atoms with E-state index in [1.165, 1.54) is 24.3 Å². The highest BCUT2D eigenvalue weighted by Gasteiger charge is 2.19. The Morgan fingerprint density at radius 2 is 1.88 bits per heavy atom. The fraction of sp³-hybridized carbons (Fsp3) is 0.105. The number of imidazole rings is 1. The van der Waals surface area contributed by atoms with E-state index in [1.807, 2.05) is 4.90 Å². The van der Waals surface area contributed by atoms with E-state index in [4.69, 9.17) is 0 Å². The molecule has 0 atom stereocenters. The standard InChI is InChI=1S/C19H13F4N3/c20-12-5-4-11(15(22)8-12)9-26-7-6-16-17(10-26)25-19(24-16)13-2-1-3-14(21)18(13)23/h1-8H,9-10H2,(H,24,25). The second kappa shape index (κ2) is 6.33. The monoisotopic (exact) mass is 359 g/mol. The van der Waals surface area contributed by atoms with E-state index in [0.29, 0.717) is 23.5 Å². The van der Waals surface area contributed by atoms with Crippen molar-refractivity contribution in [2.24, 2.45) is 0 Å². The van der Waals surface area contributed by atoms with Gasteiger partial charge in [0.1, 0.15) is 17.5 Å². The molecule has 0 radical (unpaired) electrons. The van der Waals surface area contributed by atoms with Gasteiger partial charge in [-0.1, -0.05) is 12.1 Å². The number of aromatic nitrogens is 2. The van der Waals surface area contributed by atoms with Crippen LogP contribution in [0.5, 0.6) is 0 Å². The highest BCUT2D eigenvalue weighted by atomic mass is 19.2. The number of hydrogen-bond acceptors (Lipinski definition) is 2. The summed E-state index contributed by atoms with van der Waals surface area (Å²) in [5, 5.41) is 0. The van der Waals surface area contributed by atoms with E-state index in [9.17, 15) is 17.6 Å². The number of hydrogen-bond donors (Lipinski definition) is 1. The Labute approximate surface area is 146 Å². The van der Waals surface area contributed by atoms with Crippen LogP contribution in [0.4, 0.5) is 17.6 Å². The molecule has 3 aromatic rings. The van der Waals surface area contributed by atoms with E-state index in [1.54, 1.807) is 12.3 Å². The van der Waals surface area contributed by atoms with Crippen LogP contribution >= 0.6 is 0 Å². The Bertz CT molecular complexity index is 1010. The van der Waals surface area contributed by atoms with Crippen molar-refractivity contribution < 1.29 is 17.6 Å². The van der Waals surface area contributed by atoms with Crippen molar-refractivity contribution in [3.8, 4) is 11.4 Å². The summed E-state index contributed by atoms with van der Waals surface area (Å²) in [7, 11) is 0. The molecule has 2 heterocycles. The van der Waals surface area contributed by atoms with Crippen LogP contribution in [-0.2, 0) is 13.1 Å². The van der Waals surface area contributed by atoms with Crippen LogP contribution in [0.1, 0.15) is 17.0 Å². The molecule has 0 amide bonds. The lowest BCUT2D eigenvalue weighted by molar-refractivity contribution is 0.348. The van der Waals surface area contributed by atoms with Gasteiger partial charge >= 0.3 is 0 Å². The van der Waals surface area contributed by atoms with E-state index in [-0.39, 0.29) is 17.9 Å². The van der Waals surface area contributed by atoms with Crippen molar-refractivity contribution in [1.82, 2.24) is 14.9 Å². The first-order chi connectivity index (χ1) is 12.5. The maximum atomic E-state index is 14.0. The zero-order valence-corrected chi connectivity index (χ0v) is 13.4. The summed E-state index contributed by atoms with van der Waals surface area (Å²) in [5.74, 6) is -2.92. The van der Waals surface area contributed by atoms with E-state index < -0.39 is 23.3 Å². The number of fused-ring (bicyclic) bond motifs is 1. The second-order valence-corrected chi connectivity index (χ2v) is 6.01. The lowest BCUT2D eigenvalue weighted by atomic mass is 10.1. The molecule has 0 unspecified atom stereocenters. The van der Waals surface area contributed by atoms with Crippen LogP contribution in [0, 0.1) is 23.3 Å². The van der Waals surface area contributed by atoms with Crippen LogP contribution in [0.25, 0.3) is 17.5 Å². The van der Waals surface area contributed by atoms with Gasteiger partial charge in [0, 0.05) is 24.4 Å². The normalized spacial score (nSPS) is 13.2. The summed E-state index contributed by atoms with van der Waals surface area (Å²) in [6.45, 7) is 0.622. The maximum Gasteiger partial charge on any atom is 0.169 e. The molecule has 0 spiro atoms. The molecular weight excluding hydrogens is 346 g/mol. The Kier molecular flexibility index (Phi) is 3.99. The van der Waals surface area contributed by atoms with Gasteiger partial charge in [0.05, 0.1) is 23.5 Å². The zero-order chi connectivity index (χ0) is 18.3. The van der Waals surface area contributed by atoms with Crippen molar-refractivity contribution in [3.05, 3.63) is 82.8 Å². The van der Waals surface area contributed by atoms with Gasteiger partial charge in [0.15, 0.2) is 11.6 Å². The summed E-state index contributed by atoms with van der Waals surface area (Å²) in [4.78, 5) is 9.10. The zero-order valence-electron chi connectivity index (χ0n) is 13.4. The first-order valence-corrected chi connectivity index (χ1v) is 7.90. The molecule has 4 rings (SSSR count). The van der Waals surface area contributed by atoms with Crippen molar-refractivity contribution in [1.29, 1.82) is 0 Å². The molecule has 7 heteroatoms. The minimum absolute atomic E-state index is 0.0453. The summed E-state index contributed by atoms with van der Waals surface area (Å²) < 4.78 is 54.2. The highest BCUT2D eigenvalue weighted by Crippen LogP contribution is 2.27. The average molecular weight is 359 g/mol. The van der Waals surface area contributed by atoms with Gasteiger partial charge in [-0.15, -0.1) is 0 Å². The van der Waals surface area contributed by atoms with Gasteiger partial charge in [0.25, 0.3) is 0 Å². The van der Waals surface area contributed by atoms with Gasteiger partial charge < -0.3 is 9.88 Å². The number of rotatable bonds is 3. The third-order valence-electron chi connectivity index (χ3n) is 4.21. The molecule has 1 N–H and O–H groups in total. The second-order valence-electron chi connectivity index (χ2n) is 6.01. The molecule has 0 saturated carbocycles. The van der Waals surface area contributed by atoms with Gasteiger partial charge in [0.2, 0.25) is 0 Å². The van der Waals surface area contributed by atoms with Gasteiger partial charge in [-0.3, -0.25) is 0 Å². The Morgan fingerprint density at radius 1 is 1.04 bits per heavy atom. The topological polar surface area (TPSA) is 31.9 Å². The molecule has 26 heavy (non-hydrogen) atoms. The molecule has 0 aliphatic carbocycles. The third-order valence-corrected chi connectivity index (χ3v) is 4.21.